The molecule has 0 saturated heterocycles. The van der Waals surface area contributed by atoms with Crippen molar-refractivity contribution in [3.8, 4) is 0 Å². The van der Waals surface area contributed by atoms with Gasteiger partial charge in [0.2, 0.25) is 17.7 Å². The zero-order chi connectivity index (χ0) is 21.2. The summed E-state index contributed by atoms with van der Waals surface area (Å²) in [6.45, 7) is 1.91. The van der Waals surface area contributed by atoms with Crippen molar-refractivity contribution < 1.29 is 14.4 Å². The van der Waals surface area contributed by atoms with Gasteiger partial charge in [0, 0.05) is 44.0 Å². The summed E-state index contributed by atoms with van der Waals surface area (Å²) in [6, 6.07) is 14.7. The fourth-order valence-electron chi connectivity index (χ4n) is 2.59. The standard InChI is InChI=1S/C22H28N4O3/c1-4-20(27)24-18-11-9-17(10-12-18)23-15-21(28)25-19-7-5-6-16(14-19)8-13-22(29)26(2)3/h5-7,9-12,14,23H,4,8,13,15H2,1-3H3,(H,24,27)(H,25,28). The number of carbonyl (C=O) groups excluding carboxylic acids is 3. The van der Waals surface area contributed by atoms with Crippen LogP contribution in [0.2, 0.25) is 0 Å². The maximum atomic E-state index is 12.2. The molecule has 0 atom stereocenters. The van der Waals surface area contributed by atoms with Crippen LogP contribution in [0, 0.1) is 0 Å². The first-order chi connectivity index (χ1) is 13.9. The van der Waals surface area contributed by atoms with Gasteiger partial charge in [0.05, 0.1) is 6.54 Å². The fourth-order valence-corrected chi connectivity index (χ4v) is 2.59. The van der Waals surface area contributed by atoms with Crippen LogP contribution in [0.5, 0.6) is 0 Å². The number of aryl methyl sites for hydroxylation is 1. The number of anilines is 3. The van der Waals surface area contributed by atoms with E-state index in [-0.39, 0.29) is 24.3 Å². The summed E-state index contributed by atoms with van der Waals surface area (Å²) in [4.78, 5) is 36.9. The average Bonchev–Trinajstić information content (AvgIpc) is 2.71. The van der Waals surface area contributed by atoms with Crippen molar-refractivity contribution >= 4 is 34.8 Å². The highest BCUT2D eigenvalue weighted by Gasteiger charge is 2.07. The summed E-state index contributed by atoms with van der Waals surface area (Å²) >= 11 is 0. The van der Waals surface area contributed by atoms with Gasteiger partial charge < -0.3 is 20.9 Å². The van der Waals surface area contributed by atoms with Crippen LogP contribution in [0.25, 0.3) is 0 Å². The summed E-state index contributed by atoms with van der Waals surface area (Å²) in [6.07, 6.45) is 1.48. The Bertz CT molecular complexity index is 847. The second kappa shape index (κ2) is 10.8. The van der Waals surface area contributed by atoms with Crippen LogP contribution in [-0.4, -0.2) is 43.3 Å². The molecule has 7 heteroatoms. The largest absolute Gasteiger partial charge is 0.376 e. The van der Waals surface area contributed by atoms with E-state index in [2.05, 4.69) is 16.0 Å². The minimum Gasteiger partial charge on any atom is -0.376 e. The van der Waals surface area contributed by atoms with Gasteiger partial charge in [0.15, 0.2) is 0 Å². The van der Waals surface area contributed by atoms with Crippen LogP contribution in [0.3, 0.4) is 0 Å². The average molecular weight is 396 g/mol. The zero-order valence-corrected chi connectivity index (χ0v) is 17.1. The first-order valence-electron chi connectivity index (χ1n) is 9.60. The molecule has 0 radical (unpaired) electrons. The molecule has 7 nitrogen and oxygen atoms in total. The first kappa shape index (κ1) is 21.9. The Hall–Kier alpha value is -3.35. The minimum atomic E-state index is -0.171. The van der Waals surface area contributed by atoms with Crippen LogP contribution >= 0.6 is 0 Å². The molecule has 2 aromatic rings. The SMILES string of the molecule is CCC(=O)Nc1ccc(NCC(=O)Nc2cccc(CCC(=O)N(C)C)c2)cc1. The van der Waals surface area contributed by atoms with Gasteiger partial charge in [-0.3, -0.25) is 14.4 Å². The van der Waals surface area contributed by atoms with Gasteiger partial charge in [-0.05, 0) is 48.4 Å². The third-order valence-corrected chi connectivity index (χ3v) is 4.28. The quantitative estimate of drug-likeness (QED) is 0.607. The summed E-state index contributed by atoms with van der Waals surface area (Å²) in [5, 5.41) is 8.68. The highest BCUT2D eigenvalue weighted by Crippen LogP contribution is 2.15. The molecule has 2 aromatic carbocycles. The molecule has 0 aromatic heterocycles. The van der Waals surface area contributed by atoms with Crippen LogP contribution in [0.15, 0.2) is 48.5 Å². The van der Waals surface area contributed by atoms with Gasteiger partial charge >= 0.3 is 0 Å². The Labute approximate surface area is 171 Å². The molecule has 0 fully saturated rings. The van der Waals surface area contributed by atoms with Gasteiger partial charge in [-0.1, -0.05) is 19.1 Å². The van der Waals surface area contributed by atoms with Crippen molar-refractivity contribution in [2.45, 2.75) is 26.2 Å². The molecule has 0 bridgehead atoms. The predicted octanol–water partition coefficient (Wildman–Crippen LogP) is 3.11. The zero-order valence-electron chi connectivity index (χ0n) is 17.1. The monoisotopic (exact) mass is 396 g/mol. The van der Waals surface area contributed by atoms with Crippen LogP contribution < -0.4 is 16.0 Å². The normalized spacial score (nSPS) is 10.2. The molecule has 3 amide bonds. The molecule has 0 heterocycles. The Kier molecular flexibility index (Phi) is 8.21. The van der Waals surface area contributed by atoms with Crippen molar-refractivity contribution in [3.63, 3.8) is 0 Å². The molecule has 0 aliphatic heterocycles. The topological polar surface area (TPSA) is 90.5 Å². The molecule has 0 aliphatic rings. The molecule has 0 saturated carbocycles. The number of hydrogen-bond acceptors (Lipinski definition) is 4. The molecular weight excluding hydrogens is 368 g/mol. The van der Waals surface area contributed by atoms with Crippen molar-refractivity contribution in [1.82, 2.24) is 4.90 Å². The third-order valence-electron chi connectivity index (χ3n) is 4.28. The third kappa shape index (κ3) is 7.65. The Morgan fingerprint density at radius 3 is 2.17 bits per heavy atom. The van der Waals surface area contributed by atoms with Crippen molar-refractivity contribution in [1.29, 1.82) is 0 Å². The maximum Gasteiger partial charge on any atom is 0.243 e. The summed E-state index contributed by atoms with van der Waals surface area (Å²) in [7, 11) is 3.47. The number of nitrogens with one attached hydrogen (secondary N) is 3. The predicted molar refractivity (Wildman–Crippen MR) is 116 cm³/mol. The van der Waals surface area contributed by atoms with Gasteiger partial charge in [-0.25, -0.2) is 0 Å². The van der Waals surface area contributed by atoms with E-state index in [1.165, 1.54) is 0 Å². The summed E-state index contributed by atoms with van der Waals surface area (Å²) < 4.78 is 0. The molecule has 3 N–H and O–H groups in total. The fraction of sp³-hybridized carbons (Fsp3) is 0.318. The molecule has 2 rings (SSSR count). The summed E-state index contributed by atoms with van der Waals surface area (Å²) in [5.41, 5.74) is 3.20. The van der Waals surface area contributed by atoms with Crippen molar-refractivity contribution in [2.24, 2.45) is 0 Å². The summed E-state index contributed by atoms with van der Waals surface area (Å²) in [5.74, 6) is -0.141. The Morgan fingerprint density at radius 2 is 1.52 bits per heavy atom. The molecular formula is C22H28N4O3. The number of amides is 3. The lowest BCUT2D eigenvalue weighted by Gasteiger charge is -2.11. The van der Waals surface area contributed by atoms with E-state index < -0.39 is 0 Å². The van der Waals surface area contributed by atoms with Gasteiger partial charge in [0.1, 0.15) is 0 Å². The van der Waals surface area contributed by atoms with E-state index in [1.54, 1.807) is 50.2 Å². The van der Waals surface area contributed by atoms with E-state index in [4.69, 9.17) is 0 Å². The number of rotatable bonds is 9. The minimum absolute atomic E-state index is 0.0432. The van der Waals surface area contributed by atoms with Gasteiger partial charge in [-0.15, -0.1) is 0 Å². The van der Waals surface area contributed by atoms with Crippen LogP contribution in [0.4, 0.5) is 17.1 Å². The Morgan fingerprint density at radius 1 is 0.862 bits per heavy atom. The lowest BCUT2D eigenvalue weighted by atomic mass is 10.1. The maximum absolute atomic E-state index is 12.2. The Balaban J connectivity index is 1.82. The molecule has 0 unspecified atom stereocenters. The van der Waals surface area contributed by atoms with Crippen LogP contribution in [-0.2, 0) is 20.8 Å². The van der Waals surface area contributed by atoms with Gasteiger partial charge in [-0.2, -0.15) is 0 Å². The van der Waals surface area contributed by atoms with Crippen LogP contribution in [0.1, 0.15) is 25.3 Å². The molecule has 0 aliphatic carbocycles. The molecule has 154 valence electrons. The van der Waals surface area contributed by atoms with Gasteiger partial charge in [0.25, 0.3) is 0 Å². The number of benzene rings is 2. The number of carbonyl (C=O) groups is 3. The van der Waals surface area contributed by atoms with Crippen molar-refractivity contribution in [3.05, 3.63) is 54.1 Å². The lowest BCUT2D eigenvalue weighted by molar-refractivity contribution is -0.128. The van der Waals surface area contributed by atoms with Crippen molar-refractivity contribution in [2.75, 3.05) is 36.6 Å². The molecule has 29 heavy (non-hydrogen) atoms. The second-order valence-electron chi connectivity index (χ2n) is 6.87. The van der Waals surface area contributed by atoms with E-state index in [1.807, 2.05) is 24.3 Å². The lowest BCUT2D eigenvalue weighted by Crippen LogP contribution is -2.22. The highest BCUT2D eigenvalue weighted by molar-refractivity contribution is 5.94. The van der Waals surface area contributed by atoms with E-state index >= 15 is 0 Å². The number of nitrogens with zero attached hydrogens (tertiary/aromatic N) is 1. The van der Waals surface area contributed by atoms with E-state index in [9.17, 15) is 14.4 Å². The smallest absolute Gasteiger partial charge is 0.243 e. The second-order valence-corrected chi connectivity index (χ2v) is 6.87. The highest BCUT2D eigenvalue weighted by atomic mass is 16.2. The first-order valence-corrected chi connectivity index (χ1v) is 9.60. The van der Waals surface area contributed by atoms with E-state index in [0.29, 0.717) is 24.9 Å². The number of hydrogen-bond donors (Lipinski definition) is 3. The van der Waals surface area contributed by atoms with E-state index in [0.717, 1.165) is 16.9 Å². The molecule has 0 spiro atoms.